The molecule has 0 bridgehead atoms. The van der Waals surface area contributed by atoms with Gasteiger partial charge in [0, 0.05) is 0 Å². The molecule has 0 aromatic heterocycles. The second-order valence-corrected chi connectivity index (χ2v) is 6.15. The molecule has 144 valence electrons. The van der Waals surface area contributed by atoms with Gasteiger partial charge in [-0.25, -0.2) is 13.2 Å². The van der Waals surface area contributed by atoms with Crippen LogP contribution in [0.5, 0.6) is 0 Å². The van der Waals surface area contributed by atoms with Crippen molar-refractivity contribution in [1.82, 2.24) is 0 Å². The summed E-state index contributed by atoms with van der Waals surface area (Å²) in [7, 11) is 0. The van der Waals surface area contributed by atoms with Crippen LogP contribution < -0.4 is 5.32 Å². The zero-order valence-electron chi connectivity index (χ0n) is 15.0. The second kappa shape index (κ2) is 9.21. The first-order chi connectivity index (χ1) is 12.8. The molecule has 0 saturated heterocycles. The highest BCUT2D eigenvalue weighted by atomic mass is 19.2. The lowest BCUT2D eigenvalue weighted by molar-refractivity contribution is -0.150. The van der Waals surface area contributed by atoms with Gasteiger partial charge in [-0.2, -0.15) is 0 Å². The maximum absolute atomic E-state index is 13.6. The fourth-order valence-corrected chi connectivity index (χ4v) is 2.63. The fourth-order valence-electron chi connectivity index (χ4n) is 2.63. The number of amides is 1. The third kappa shape index (κ3) is 5.09. The highest BCUT2D eigenvalue weighted by molar-refractivity contribution is 5.93. The van der Waals surface area contributed by atoms with Crippen molar-refractivity contribution in [2.75, 3.05) is 11.9 Å². The third-order valence-corrected chi connectivity index (χ3v) is 4.28. The summed E-state index contributed by atoms with van der Waals surface area (Å²) in [6, 6.07) is 10.6. The van der Waals surface area contributed by atoms with Crippen LogP contribution >= 0.6 is 0 Å². The number of hydrogen-bond acceptors (Lipinski definition) is 3. The zero-order valence-corrected chi connectivity index (χ0v) is 15.0. The van der Waals surface area contributed by atoms with Crippen LogP contribution in [0.4, 0.5) is 18.9 Å². The van der Waals surface area contributed by atoms with Gasteiger partial charge in [-0.1, -0.05) is 50.6 Å². The average Bonchev–Trinajstić information content (AvgIpc) is 2.67. The fraction of sp³-hybridized carbons (Fsp3) is 0.300. The molecule has 2 aromatic carbocycles. The highest BCUT2D eigenvalue weighted by Gasteiger charge is 2.28. The predicted molar refractivity (Wildman–Crippen MR) is 94.5 cm³/mol. The van der Waals surface area contributed by atoms with Crippen LogP contribution in [0.15, 0.2) is 42.5 Å². The summed E-state index contributed by atoms with van der Waals surface area (Å²) in [6.07, 6.45) is 0.723. The molecule has 0 unspecified atom stereocenters. The minimum atomic E-state index is -1.69. The van der Waals surface area contributed by atoms with Crippen LogP contribution in [0.3, 0.4) is 0 Å². The van der Waals surface area contributed by atoms with E-state index in [0.29, 0.717) is 6.07 Å². The van der Waals surface area contributed by atoms with Gasteiger partial charge >= 0.3 is 5.97 Å². The summed E-state index contributed by atoms with van der Waals surface area (Å²) < 4.78 is 44.8. The molecule has 0 saturated carbocycles. The highest BCUT2D eigenvalue weighted by Crippen LogP contribution is 2.28. The van der Waals surface area contributed by atoms with Crippen molar-refractivity contribution in [1.29, 1.82) is 0 Å². The van der Waals surface area contributed by atoms with E-state index < -0.39 is 47.5 Å². The van der Waals surface area contributed by atoms with Gasteiger partial charge in [0.25, 0.3) is 5.91 Å². The van der Waals surface area contributed by atoms with Crippen molar-refractivity contribution in [2.45, 2.75) is 26.2 Å². The molecule has 7 heteroatoms. The molecule has 27 heavy (non-hydrogen) atoms. The molecule has 0 fully saturated rings. The number of benzene rings is 2. The Morgan fingerprint density at radius 1 is 1.04 bits per heavy atom. The summed E-state index contributed by atoms with van der Waals surface area (Å²) in [6.45, 7) is 3.17. The van der Waals surface area contributed by atoms with Gasteiger partial charge in [0.1, 0.15) is 0 Å². The van der Waals surface area contributed by atoms with E-state index >= 15 is 0 Å². The Balaban J connectivity index is 2.02. The molecule has 0 heterocycles. The van der Waals surface area contributed by atoms with Crippen molar-refractivity contribution in [3.8, 4) is 0 Å². The van der Waals surface area contributed by atoms with Crippen molar-refractivity contribution in [3.05, 3.63) is 65.5 Å². The number of hydrogen-bond donors (Lipinski definition) is 1. The van der Waals surface area contributed by atoms with Crippen molar-refractivity contribution < 1.29 is 27.5 Å². The average molecular weight is 379 g/mol. The SMILES string of the molecule is CC[C@H](C)[C@H](C(=O)OCC(=O)Nc1ccc(F)c(F)c1F)c1ccccc1. The predicted octanol–water partition coefficient (Wildman–Crippen LogP) is 4.42. The quantitative estimate of drug-likeness (QED) is 0.573. The van der Waals surface area contributed by atoms with E-state index in [1.54, 1.807) is 24.3 Å². The molecule has 2 atom stereocenters. The van der Waals surface area contributed by atoms with E-state index in [1.165, 1.54) is 0 Å². The minimum Gasteiger partial charge on any atom is -0.455 e. The summed E-state index contributed by atoms with van der Waals surface area (Å²) in [5.74, 6) is -6.59. The Bertz CT molecular complexity index is 812. The summed E-state index contributed by atoms with van der Waals surface area (Å²) in [4.78, 5) is 24.4. The van der Waals surface area contributed by atoms with Crippen molar-refractivity contribution in [3.63, 3.8) is 0 Å². The number of rotatable bonds is 7. The third-order valence-electron chi connectivity index (χ3n) is 4.28. The molecular formula is C20H20F3NO3. The van der Waals surface area contributed by atoms with Crippen LogP contribution in [-0.2, 0) is 14.3 Å². The zero-order chi connectivity index (χ0) is 20.0. The van der Waals surface area contributed by atoms with E-state index in [9.17, 15) is 22.8 Å². The molecule has 1 amide bonds. The van der Waals surface area contributed by atoms with Gasteiger partial charge in [-0.3, -0.25) is 9.59 Å². The molecule has 0 aliphatic carbocycles. The molecule has 1 N–H and O–H groups in total. The van der Waals surface area contributed by atoms with Crippen LogP contribution in [0.2, 0.25) is 0 Å². The minimum absolute atomic E-state index is 0.0217. The molecule has 0 aliphatic heterocycles. The maximum atomic E-state index is 13.6. The number of carbonyl (C=O) groups is 2. The topological polar surface area (TPSA) is 55.4 Å². The molecule has 2 aromatic rings. The normalized spacial score (nSPS) is 12.9. The number of esters is 1. The van der Waals surface area contributed by atoms with Gasteiger partial charge in [-0.05, 0) is 23.6 Å². The maximum Gasteiger partial charge on any atom is 0.314 e. The van der Waals surface area contributed by atoms with E-state index in [-0.39, 0.29) is 5.92 Å². The summed E-state index contributed by atoms with van der Waals surface area (Å²) >= 11 is 0. The Labute approximate surface area is 155 Å². The number of ether oxygens (including phenoxy) is 1. The molecule has 0 spiro atoms. The summed E-state index contributed by atoms with van der Waals surface area (Å²) in [5.41, 5.74) is 0.236. The van der Waals surface area contributed by atoms with Gasteiger partial charge in [-0.15, -0.1) is 0 Å². The Morgan fingerprint density at radius 2 is 1.70 bits per heavy atom. The Kier molecular flexibility index (Phi) is 6.98. The van der Waals surface area contributed by atoms with Crippen LogP contribution in [0.1, 0.15) is 31.7 Å². The molecule has 2 rings (SSSR count). The molecular weight excluding hydrogens is 359 g/mol. The Hall–Kier alpha value is -2.83. The lowest BCUT2D eigenvalue weighted by atomic mass is 9.86. The second-order valence-electron chi connectivity index (χ2n) is 6.15. The van der Waals surface area contributed by atoms with Gasteiger partial charge in [0.05, 0.1) is 11.6 Å². The lowest BCUT2D eigenvalue weighted by Crippen LogP contribution is -2.27. The number of carbonyl (C=O) groups excluding carboxylic acids is 2. The first-order valence-corrected chi connectivity index (χ1v) is 8.50. The number of halogens is 3. The van der Waals surface area contributed by atoms with E-state index in [4.69, 9.17) is 4.74 Å². The number of anilines is 1. The van der Waals surface area contributed by atoms with E-state index in [2.05, 4.69) is 5.32 Å². The van der Waals surface area contributed by atoms with E-state index in [0.717, 1.165) is 18.1 Å². The van der Waals surface area contributed by atoms with Gasteiger partial charge < -0.3 is 10.1 Å². The van der Waals surface area contributed by atoms with Crippen LogP contribution in [0.25, 0.3) is 0 Å². The molecule has 4 nitrogen and oxygen atoms in total. The van der Waals surface area contributed by atoms with Crippen LogP contribution in [0, 0.1) is 23.4 Å². The van der Waals surface area contributed by atoms with Crippen molar-refractivity contribution >= 4 is 17.6 Å². The van der Waals surface area contributed by atoms with Crippen molar-refractivity contribution in [2.24, 2.45) is 5.92 Å². The largest absolute Gasteiger partial charge is 0.455 e. The lowest BCUT2D eigenvalue weighted by Gasteiger charge is -2.21. The van der Waals surface area contributed by atoms with E-state index in [1.807, 2.05) is 19.9 Å². The standard InChI is InChI=1S/C20H20F3NO3/c1-3-12(2)17(13-7-5-4-6-8-13)20(26)27-11-16(25)24-15-10-9-14(21)18(22)19(15)23/h4-10,12,17H,3,11H2,1-2H3,(H,24,25)/t12-,17-/m0/s1. The first kappa shape index (κ1) is 20.5. The summed E-state index contributed by atoms with van der Waals surface area (Å²) in [5, 5.41) is 2.06. The monoisotopic (exact) mass is 379 g/mol. The number of nitrogens with one attached hydrogen (secondary N) is 1. The smallest absolute Gasteiger partial charge is 0.314 e. The molecule has 0 aliphatic rings. The van der Waals surface area contributed by atoms with Crippen LogP contribution in [-0.4, -0.2) is 18.5 Å². The first-order valence-electron chi connectivity index (χ1n) is 8.50. The Morgan fingerprint density at radius 3 is 2.33 bits per heavy atom. The van der Waals surface area contributed by atoms with Gasteiger partial charge in [0.15, 0.2) is 24.1 Å². The van der Waals surface area contributed by atoms with Gasteiger partial charge in [0.2, 0.25) is 0 Å². The molecule has 0 radical (unpaired) electrons.